The Morgan fingerprint density at radius 2 is 1.72 bits per heavy atom. The third kappa shape index (κ3) is 4.59. The summed E-state index contributed by atoms with van der Waals surface area (Å²) in [7, 11) is -3.71. The molecule has 0 amide bonds. The second-order valence-electron chi connectivity index (χ2n) is 7.33. The molecular weight excluding hydrogens is 444 g/mol. The monoisotopic (exact) mass is 468 g/mol. The number of ether oxygens (including phenoxy) is 1. The summed E-state index contributed by atoms with van der Waals surface area (Å²) >= 11 is 1.64. The number of rotatable bonds is 7. The molecule has 2 aromatic carbocycles. The van der Waals surface area contributed by atoms with Crippen LogP contribution in [0.5, 0.6) is 5.75 Å². The Morgan fingerprint density at radius 3 is 2.34 bits per heavy atom. The van der Waals surface area contributed by atoms with E-state index in [1.54, 1.807) is 23.5 Å². The van der Waals surface area contributed by atoms with Gasteiger partial charge in [-0.3, -0.25) is 0 Å². The molecule has 9 heteroatoms. The van der Waals surface area contributed by atoms with Crippen molar-refractivity contribution in [1.29, 1.82) is 0 Å². The molecule has 0 bridgehead atoms. The Morgan fingerprint density at radius 1 is 1.03 bits per heavy atom. The van der Waals surface area contributed by atoms with Gasteiger partial charge in [0, 0.05) is 17.0 Å². The van der Waals surface area contributed by atoms with Gasteiger partial charge in [-0.15, -0.1) is 11.3 Å². The second kappa shape index (κ2) is 8.85. The van der Waals surface area contributed by atoms with Crippen molar-refractivity contribution in [3.05, 3.63) is 64.8 Å². The van der Waals surface area contributed by atoms with E-state index in [4.69, 9.17) is 9.88 Å². The molecule has 0 radical (unpaired) electrons. The Kier molecular flexibility index (Phi) is 6.14. The quantitative estimate of drug-likeness (QED) is 0.409. The van der Waals surface area contributed by atoms with E-state index in [2.05, 4.69) is 34.3 Å². The zero-order valence-corrected chi connectivity index (χ0v) is 19.7. The van der Waals surface area contributed by atoms with E-state index in [9.17, 15) is 8.42 Å². The lowest BCUT2D eigenvalue weighted by Gasteiger charge is -2.11. The highest BCUT2D eigenvalue weighted by Crippen LogP contribution is 2.41. The number of nitrogens with two attached hydrogens (primary N) is 1. The van der Waals surface area contributed by atoms with Gasteiger partial charge in [-0.25, -0.2) is 23.5 Å². The minimum absolute atomic E-state index is 0.0905. The number of thiophene rings is 1. The van der Waals surface area contributed by atoms with Crippen LogP contribution in [-0.4, -0.2) is 25.0 Å². The number of hydrogen-bond acceptors (Lipinski definition) is 7. The van der Waals surface area contributed by atoms with Crippen LogP contribution in [0.15, 0.2) is 53.4 Å². The van der Waals surface area contributed by atoms with Crippen LogP contribution < -0.4 is 15.2 Å². The molecule has 0 spiro atoms. The first-order valence-corrected chi connectivity index (χ1v) is 12.5. The summed E-state index contributed by atoms with van der Waals surface area (Å²) in [5.41, 5.74) is 3.08. The van der Waals surface area contributed by atoms with E-state index in [0.29, 0.717) is 19.0 Å². The van der Waals surface area contributed by atoms with Crippen molar-refractivity contribution in [1.82, 2.24) is 9.97 Å². The minimum Gasteiger partial charge on any atom is -0.494 e. The third-order valence-electron chi connectivity index (χ3n) is 5.01. The van der Waals surface area contributed by atoms with Gasteiger partial charge < -0.3 is 10.1 Å². The third-order valence-corrected chi connectivity index (χ3v) is 6.93. The maximum atomic E-state index is 11.5. The fourth-order valence-corrected chi connectivity index (χ4v) is 5.17. The van der Waals surface area contributed by atoms with Gasteiger partial charge >= 0.3 is 0 Å². The molecule has 2 heterocycles. The molecule has 3 N–H and O–H groups in total. The first-order valence-electron chi connectivity index (χ1n) is 10.1. The molecule has 4 aromatic rings. The number of aryl methyl sites for hydroxylation is 2. The van der Waals surface area contributed by atoms with Gasteiger partial charge in [-0.2, -0.15) is 0 Å². The molecule has 0 aliphatic heterocycles. The average molecular weight is 469 g/mol. The summed E-state index contributed by atoms with van der Waals surface area (Å²) in [5.74, 6) is 2.27. The largest absolute Gasteiger partial charge is 0.494 e. The first kappa shape index (κ1) is 22.2. The van der Waals surface area contributed by atoms with Crippen LogP contribution >= 0.6 is 11.3 Å². The van der Waals surface area contributed by atoms with Crippen molar-refractivity contribution in [3.8, 4) is 16.9 Å². The highest BCUT2D eigenvalue weighted by atomic mass is 32.2. The molecule has 0 saturated heterocycles. The lowest BCUT2D eigenvalue weighted by Crippen LogP contribution is -2.12. The molecule has 32 heavy (non-hydrogen) atoms. The van der Waals surface area contributed by atoms with E-state index >= 15 is 0 Å². The highest BCUT2D eigenvalue weighted by Gasteiger charge is 2.18. The predicted molar refractivity (Wildman–Crippen MR) is 129 cm³/mol. The predicted octanol–water partition coefficient (Wildman–Crippen LogP) is 4.63. The molecule has 0 fully saturated rings. The van der Waals surface area contributed by atoms with Crippen molar-refractivity contribution < 1.29 is 13.2 Å². The molecule has 166 valence electrons. The number of anilines is 1. The van der Waals surface area contributed by atoms with Crippen LogP contribution in [0.25, 0.3) is 21.3 Å². The fraction of sp³-hybridized carbons (Fsp3) is 0.217. The van der Waals surface area contributed by atoms with Crippen LogP contribution in [0.3, 0.4) is 0 Å². The minimum atomic E-state index is -3.71. The standard InChI is InChI=1S/C23H24N4O3S2/c1-4-30-18-9-7-17(8-10-18)20-14(2)31-23-21(20)22(26-15(3)27-23)25-13-16-5-11-19(12-6-16)32(24,28)29/h5-12H,4,13H2,1-3H3,(H2,24,28,29)(H,25,26,27). The summed E-state index contributed by atoms with van der Waals surface area (Å²) in [4.78, 5) is 11.5. The number of hydrogen-bond donors (Lipinski definition) is 2. The lowest BCUT2D eigenvalue weighted by atomic mass is 10.0. The first-order chi connectivity index (χ1) is 15.3. The average Bonchev–Trinajstić information content (AvgIpc) is 3.08. The summed E-state index contributed by atoms with van der Waals surface area (Å²) in [5, 5.41) is 9.57. The van der Waals surface area contributed by atoms with Crippen LogP contribution in [0.1, 0.15) is 23.2 Å². The number of primary sulfonamides is 1. The van der Waals surface area contributed by atoms with Gasteiger partial charge in [0.25, 0.3) is 0 Å². The zero-order valence-electron chi connectivity index (χ0n) is 18.0. The Balaban J connectivity index is 1.70. The van der Waals surface area contributed by atoms with Gasteiger partial charge in [0.15, 0.2) is 0 Å². The normalized spacial score (nSPS) is 11.6. The van der Waals surface area contributed by atoms with Crippen LogP contribution in [0, 0.1) is 13.8 Å². The van der Waals surface area contributed by atoms with Gasteiger partial charge in [-0.05, 0) is 56.2 Å². The number of nitrogens with one attached hydrogen (secondary N) is 1. The van der Waals surface area contributed by atoms with Gasteiger partial charge in [0.05, 0.1) is 16.9 Å². The van der Waals surface area contributed by atoms with Crippen molar-refractivity contribution in [2.45, 2.75) is 32.2 Å². The SMILES string of the molecule is CCOc1ccc(-c2c(C)sc3nc(C)nc(NCc4ccc(S(N)(=O)=O)cc4)c23)cc1. The zero-order chi connectivity index (χ0) is 22.9. The second-order valence-corrected chi connectivity index (χ2v) is 10.1. The fourth-order valence-electron chi connectivity index (χ4n) is 3.56. The molecule has 0 aliphatic rings. The van der Waals surface area contributed by atoms with E-state index < -0.39 is 10.0 Å². The van der Waals surface area contributed by atoms with Crippen molar-refractivity contribution in [2.24, 2.45) is 5.14 Å². The smallest absolute Gasteiger partial charge is 0.238 e. The molecule has 0 unspecified atom stereocenters. The van der Waals surface area contributed by atoms with Crippen LogP contribution in [-0.2, 0) is 16.6 Å². The van der Waals surface area contributed by atoms with Crippen molar-refractivity contribution in [2.75, 3.05) is 11.9 Å². The van der Waals surface area contributed by atoms with Gasteiger partial charge in [-0.1, -0.05) is 24.3 Å². The molecule has 4 rings (SSSR count). The van der Waals surface area contributed by atoms with E-state index in [1.165, 1.54) is 12.1 Å². The van der Waals surface area contributed by atoms with Crippen molar-refractivity contribution >= 4 is 37.4 Å². The number of sulfonamides is 1. The molecular formula is C23H24N4O3S2. The Bertz CT molecular complexity index is 1360. The Hall–Kier alpha value is -3.01. The van der Waals surface area contributed by atoms with Gasteiger partial charge in [0.1, 0.15) is 22.2 Å². The van der Waals surface area contributed by atoms with Gasteiger partial charge in [0.2, 0.25) is 10.0 Å². The van der Waals surface area contributed by atoms with E-state index in [0.717, 1.165) is 43.4 Å². The molecule has 2 aromatic heterocycles. The molecule has 0 aliphatic carbocycles. The summed E-state index contributed by atoms with van der Waals surface area (Å²) < 4.78 is 28.5. The summed E-state index contributed by atoms with van der Waals surface area (Å²) in [6.45, 7) is 7.03. The van der Waals surface area contributed by atoms with Crippen molar-refractivity contribution in [3.63, 3.8) is 0 Å². The Labute approximate surface area is 191 Å². The van der Waals surface area contributed by atoms with E-state index in [1.807, 2.05) is 26.0 Å². The molecule has 0 saturated carbocycles. The topological polar surface area (TPSA) is 107 Å². The molecule has 7 nitrogen and oxygen atoms in total. The lowest BCUT2D eigenvalue weighted by molar-refractivity contribution is 0.340. The van der Waals surface area contributed by atoms with Crippen LogP contribution in [0.4, 0.5) is 5.82 Å². The number of nitrogens with zero attached hydrogens (tertiary/aromatic N) is 2. The summed E-state index contributed by atoms with van der Waals surface area (Å²) in [6.07, 6.45) is 0. The number of fused-ring (bicyclic) bond motifs is 1. The number of aromatic nitrogens is 2. The highest BCUT2D eigenvalue weighted by molar-refractivity contribution is 7.89. The molecule has 0 atom stereocenters. The number of benzene rings is 2. The maximum Gasteiger partial charge on any atom is 0.238 e. The maximum absolute atomic E-state index is 11.5. The van der Waals surface area contributed by atoms with E-state index in [-0.39, 0.29) is 4.90 Å². The summed E-state index contributed by atoms with van der Waals surface area (Å²) in [6, 6.07) is 14.5. The van der Waals surface area contributed by atoms with Crippen LogP contribution in [0.2, 0.25) is 0 Å².